The number of hydrogen-bond donors (Lipinski definition) is 1. The fourth-order valence-corrected chi connectivity index (χ4v) is 2.93. The summed E-state index contributed by atoms with van der Waals surface area (Å²) in [6.07, 6.45) is 0.410. The van der Waals surface area contributed by atoms with Crippen molar-refractivity contribution in [2.75, 3.05) is 16.8 Å². The second-order valence-electron chi connectivity index (χ2n) is 5.78. The average molecular weight is 344 g/mol. The first kappa shape index (κ1) is 15.4. The number of benzene rings is 1. The highest BCUT2D eigenvalue weighted by Gasteiger charge is 2.35. The molecule has 3 aromatic rings. The van der Waals surface area contributed by atoms with Gasteiger partial charge < -0.3 is 10.2 Å². The summed E-state index contributed by atoms with van der Waals surface area (Å²) in [7, 11) is 0. The highest BCUT2D eigenvalue weighted by atomic mass is 19.1. The Bertz CT molecular complexity index is 952. The summed E-state index contributed by atoms with van der Waals surface area (Å²) in [5, 5.41) is 15.2. The summed E-state index contributed by atoms with van der Waals surface area (Å²) >= 11 is 0. The zero-order chi connectivity index (χ0) is 17.6. The predicted octanol–water partition coefficient (Wildman–Crippen LogP) is 1.93. The van der Waals surface area contributed by atoms with E-state index in [1.54, 1.807) is 23.6 Å². The van der Waals surface area contributed by atoms with Crippen molar-refractivity contribution in [1.82, 2.24) is 19.8 Å². The largest absolute Gasteiger partial charge is 0.357 e. The Morgan fingerprint density at radius 3 is 2.68 bits per heavy atom. The number of aryl methyl sites for hydroxylation is 1. The van der Waals surface area contributed by atoms with Crippen molar-refractivity contribution in [2.24, 2.45) is 0 Å². The van der Waals surface area contributed by atoms with E-state index >= 15 is 0 Å². The molecule has 7 nitrogen and oxygen atoms in total. The lowest BCUT2D eigenvalue weighted by atomic mass is 10.2. The minimum absolute atomic E-state index is 0.224. The Balaban J connectivity index is 1.58. The van der Waals surface area contributed by atoms with Crippen molar-refractivity contribution in [3.8, 4) is 0 Å². The van der Waals surface area contributed by atoms with Gasteiger partial charge in [0.1, 0.15) is 29.2 Å². The molecule has 1 aliphatic heterocycles. The summed E-state index contributed by atoms with van der Waals surface area (Å²) in [4.78, 5) is 13.7. The average Bonchev–Trinajstić information content (AvgIpc) is 3.13. The van der Waals surface area contributed by atoms with E-state index in [-0.39, 0.29) is 12.2 Å². The molecule has 0 aliphatic carbocycles. The fraction of sp³-hybridized carbons (Fsp3) is 0.250. The van der Waals surface area contributed by atoms with Gasteiger partial charge in [-0.3, -0.25) is 4.79 Å². The minimum Gasteiger partial charge on any atom is -0.357 e. The second kappa shape index (κ2) is 5.76. The number of aromatic nitrogens is 4. The number of anilines is 2. The van der Waals surface area contributed by atoms with Gasteiger partial charge in [-0.25, -0.2) is 8.78 Å². The standard InChI is InChI=1S/C16H14F2N6O/c1-9-20-21-14-6-5-13(22-24(9)14)19-12-7-8-23(16(12)25)15-10(17)3-2-4-11(15)18/h2-6,12H,7-8H2,1H3,(H,19,22)/t12-/m0/s1. The molecule has 1 aliphatic rings. The fourth-order valence-electron chi connectivity index (χ4n) is 2.93. The number of carbonyl (C=O) groups is 1. The van der Waals surface area contributed by atoms with Crippen LogP contribution in [0.4, 0.5) is 20.3 Å². The number of nitrogens with zero attached hydrogens (tertiary/aromatic N) is 5. The number of para-hydroxylation sites is 1. The monoisotopic (exact) mass is 344 g/mol. The van der Waals surface area contributed by atoms with Crippen molar-refractivity contribution in [3.63, 3.8) is 0 Å². The molecule has 1 aromatic carbocycles. The zero-order valence-electron chi connectivity index (χ0n) is 13.3. The smallest absolute Gasteiger partial charge is 0.249 e. The Morgan fingerprint density at radius 2 is 1.92 bits per heavy atom. The maximum Gasteiger partial charge on any atom is 0.249 e. The molecule has 0 spiro atoms. The molecule has 2 aromatic heterocycles. The molecule has 128 valence electrons. The number of hydrogen-bond acceptors (Lipinski definition) is 5. The molecule has 1 fully saturated rings. The van der Waals surface area contributed by atoms with E-state index in [2.05, 4.69) is 20.6 Å². The van der Waals surface area contributed by atoms with E-state index in [1.807, 2.05) is 0 Å². The van der Waals surface area contributed by atoms with Crippen LogP contribution in [0.1, 0.15) is 12.2 Å². The lowest BCUT2D eigenvalue weighted by Crippen LogP contribution is -2.34. The van der Waals surface area contributed by atoms with Gasteiger partial charge in [-0.15, -0.1) is 15.3 Å². The van der Waals surface area contributed by atoms with Gasteiger partial charge in [-0.05, 0) is 37.6 Å². The third-order valence-corrected chi connectivity index (χ3v) is 4.15. The molecule has 0 saturated carbocycles. The van der Waals surface area contributed by atoms with E-state index in [9.17, 15) is 13.6 Å². The van der Waals surface area contributed by atoms with Crippen LogP contribution < -0.4 is 10.2 Å². The molecule has 25 heavy (non-hydrogen) atoms. The summed E-state index contributed by atoms with van der Waals surface area (Å²) in [6, 6.07) is 6.34. The molecular formula is C16H14F2N6O. The van der Waals surface area contributed by atoms with E-state index in [0.29, 0.717) is 23.7 Å². The van der Waals surface area contributed by atoms with Crippen LogP contribution in [-0.4, -0.2) is 38.3 Å². The van der Waals surface area contributed by atoms with Crippen LogP contribution in [0.5, 0.6) is 0 Å². The number of fused-ring (bicyclic) bond motifs is 1. The molecule has 1 atom stereocenters. The summed E-state index contributed by atoms with van der Waals surface area (Å²) in [6.45, 7) is 1.99. The van der Waals surface area contributed by atoms with Crippen LogP contribution in [0.15, 0.2) is 30.3 Å². The molecule has 1 saturated heterocycles. The molecule has 9 heteroatoms. The van der Waals surface area contributed by atoms with Gasteiger partial charge in [-0.1, -0.05) is 6.07 Å². The van der Waals surface area contributed by atoms with Gasteiger partial charge in [-0.2, -0.15) is 4.52 Å². The summed E-state index contributed by atoms with van der Waals surface area (Å²) in [5.41, 5.74) is 0.283. The molecule has 0 radical (unpaired) electrons. The zero-order valence-corrected chi connectivity index (χ0v) is 13.3. The molecule has 0 bridgehead atoms. The maximum absolute atomic E-state index is 13.9. The second-order valence-corrected chi connectivity index (χ2v) is 5.78. The van der Waals surface area contributed by atoms with E-state index < -0.39 is 23.6 Å². The molecular weight excluding hydrogens is 330 g/mol. The van der Waals surface area contributed by atoms with Crippen molar-refractivity contribution in [2.45, 2.75) is 19.4 Å². The molecule has 3 heterocycles. The number of halogens is 2. The van der Waals surface area contributed by atoms with Crippen LogP contribution in [0, 0.1) is 18.6 Å². The Kier molecular flexibility index (Phi) is 3.56. The minimum atomic E-state index is -0.756. The first-order valence-electron chi connectivity index (χ1n) is 7.75. The normalized spacial score (nSPS) is 17.5. The number of nitrogens with one attached hydrogen (secondary N) is 1. The maximum atomic E-state index is 13.9. The SMILES string of the molecule is Cc1nnc2ccc(N[C@H]3CCN(c4c(F)cccc4F)C3=O)nn12. The van der Waals surface area contributed by atoms with Crippen LogP contribution in [-0.2, 0) is 4.79 Å². The van der Waals surface area contributed by atoms with Crippen LogP contribution in [0.2, 0.25) is 0 Å². The Hall–Kier alpha value is -3.10. The van der Waals surface area contributed by atoms with Gasteiger partial charge in [0.2, 0.25) is 5.91 Å². The van der Waals surface area contributed by atoms with Gasteiger partial charge in [0, 0.05) is 6.54 Å². The predicted molar refractivity (Wildman–Crippen MR) is 86.3 cm³/mol. The lowest BCUT2D eigenvalue weighted by Gasteiger charge is -2.18. The first-order valence-corrected chi connectivity index (χ1v) is 7.75. The third-order valence-electron chi connectivity index (χ3n) is 4.15. The van der Waals surface area contributed by atoms with E-state index in [4.69, 9.17) is 0 Å². The van der Waals surface area contributed by atoms with E-state index in [0.717, 1.165) is 17.0 Å². The van der Waals surface area contributed by atoms with Crippen LogP contribution in [0.25, 0.3) is 5.65 Å². The lowest BCUT2D eigenvalue weighted by molar-refractivity contribution is -0.117. The van der Waals surface area contributed by atoms with Crippen LogP contribution in [0.3, 0.4) is 0 Å². The van der Waals surface area contributed by atoms with E-state index in [1.165, 1.54) is 6.07 Å². The number of rotatable bonds is 3. The Labute approximate surface area is 141 Å². The molecule has 1 N–H and O–H groups in total. The molecule has 4 rings (SSSR count). The van der Waals surface area contributed by atoms with Gasteiger partial charge in [0.15, 0.2) is 11.5 Å². The Morgan fingerprint density at radius 1 is 1.16 bits per heavy atom. The van der Waals surface area contributed by atoms with Crippen molar-refractivity contribution >= 4 is 23.1 Å². The highest BCUT2D eigenvalue weighted by molar-refractivity contribution is 6.01. The topological polar surface area (TPSA) is 75.4 Å². The van der Waals surface area contributed by atoms with Crippen molar-refractivity contribution in [1.29, 1.82) is 0 Å². The van der Waals surface area contributed by atoms with Crippen molar-refractivity contribution in [3.05, 3.63) is 47.8 Å². The summed E-state index contributed by atoms with van der Waals surface area (Å²) in [5.74, 6) is -0.829. The first-order chi connectivity index (χ1) is 12.0. The van der Waals surface area contributed by atoms with Gasteiger partial charge in [0.25, 0.3) is 0 Å². The number of carbonyl (C=O) groups excluding carboxylic acids is 1. The summed E-state index contributed by atoms with van der Waals surface area (Å²) < 4.78 is 29.4. The molecule has 0 unspecified atom stereocenters. The van der Waals surface area contributed by atoms with Gasteiger partial charge >= 0.3 is 0 Å². The van der Waals surface area contributed by atoms with Crippen molar-refractivity contribution < 1.29 is 13.6 Å². The molecule has 1 amide bonds. The highest BCUT2D eigenvalue weighted by Crippen LogP contribution is 2.28. The van der Waals surface area contributed by atoms with Gasteiger partial charge in [0.05, 0.1) is 0 Å². The third kappa shape index (κ3) is 2.57. The number of amides is 1. The van der Waals surface area contributed by atoms with Crippen LogP contribution >= 0.6 is 0 Å². The quantitative estimate of drug-likeness (QED) is 0.786.